The van der Waals surface area contributed by atoms with Crippen LogP contribution >= 0.6 is 23.2 Å². The Labute approximate surface area is 205 Å². The summed E-state index contributed by atoms with van der Waals surface area (Å²) >= 11 is 9.02. The minimum absolute atomic E-state index is 0.00954. The highest BCUT2D eigenvalue weighted by Crippen LogP contribution is 2.46. The SMILES string of the molecule is CCCCCC1=C(\B2NC(C)(C)C(C)(C)S2)C=C=NN(C2CCCCO2)C[C@@H](C)/C=C\1Cl. The number of nitrogens with one attached hydrogen (secondary N) is 1. The van der Waals surface area contributed by atoms with Crippen molar-refractivity contribution in [1.82, 2.24) is 10.2 Å². The zero-order chi connectivity index (χ0) is 23.4. The Bertz CT molecular complexity index is 766. The van der Waals surface area contributed by atoms with Crippen molar-refractivity contribution >= 4 is 35.2 Å². The highest BCUT2D eigenvalue weighted by Gasteiger charge is 2.49. The molecule has 178 valence electrons. The van der Waals surface area contributed by atoms with E-state index in [2.05, 4.69) is 69.8 Å². The molecule has 0 radical (unpaired) electrons. The molecule has 1 N–H and O–H groups in total. The molecule has 0 amide bonds. The Balaban J connectivity index is 2.01. The van der Waals surface area contributed by atoms with Gasteiger partial charge in [-0.15, -0.1) is 5.10 Å². The predicted octanol–water partition coefficient (Wildman–Crippen LogP) is 6.53. The lowest BCUT2D eigenvalue weighted by molar-refractivity contribution is -0.0876. The van der Waals surface area contributed by atoms with E-state index in [1.807, 2.05) is 11.6 Å². The van der Waals surface area contributed by atoms with E-state index in [4.69, 9.17) is 21.4 Å². The van der Waals surface area contributed by atoms with Gasteiger partial charge in [-0.3, -0.25) is 5.01 Å². The van der Waals surface area contributed by atoms with Gasteiger partial charge in [0.05, 0.1) is 0 Å². The lowest BCUT2D eigenvalue weighted by atomic mass is 9.72. The van der Waals surface area contributed by atoms with E-state index >= 15 is 0 Å². The third-order valence-electron chi connectivity index (χ3n) is 7.16. The summed E-state index contributed by atoms with van der Waals surface area (Å²) in [5.74, 6) is 3.57. The summed E-state index contributed by atoms with van der Waals surface area (Å²) in [4.78, 5) is 0. The number of unbranched alkanes of at least 4 members (excludes halogenated alkanes) is 2. The highest BCUT2D eigenvalue weighted by molar-refractivity contribution is 8.27. The third-order valence-corrected chi connectivity index (χ3v) is 9.22. The molecule has 4 nitrogen and oxygen atoms in total. The van der Waals surface area contributed by atoms with Gasteiger partial charge in [-0.2, -0.15) is 11.6 Å². The summed E-state index contributed by atoms with van der Waals surface area (Å²) in [5.41, 5.74) is 2.47. The van der Waals surface area contributed by atoms with Crippen molar-refractivity contribution in [2.24, 2.45) is 11.0 Å². The maximum absolute atomic E-state index is 7.05. The normalized spacial score (nSPS) is 32.2. The van der Waals surface area contributed by atoms with Gasteiger partial charge in [0.1, 0.15) is 6.23 Å². The van der Waals surface area contributed by atoms with Crippen LogP contribution in [0.25, 0.3) is 0 Å². The summed E-state index contributed by atoms with van der Waals surface area (Å²) in [6, 6.07) is 0. The van der Waals surface area contributed by atoms with Crippen LogP contribution in [0.15, 0.2) is 33.3 Å². The Hall–Kier alpha value is -0.645. The van der Waals surface area contributed by atoms with Crippen LogP contribution in [0.2, 0.25) is 0 Å². The number of hydrogen-bond donors (Lipinski definition) is 1. The third kappa shape index (κ3) is 6.27. The lowest BCUT2D eigenvalue weighted by Gasteiger charge is -2.34. The second-order valence-electron chi connectivity index (χ2n) is 10.5. The fourth-order valence-corrected chi connectivity index (χ4v) is 6.49. The van der Waals surface area contributed by atoms with Gasteiger partial charge >= 0.3 is 6.13 Å². The van der Waals surface area contributed by atoms with Crippen molar-refractivity contribution in [3.05, 3.63) is 28.2 Å². The molecule has 0 spiro atoms. The van der Waals surface area contributed by atoms with E-state index in [1.165, 1.54) is 30.3 Å². The van der Waals surface area contributed by atoms with Crippen LogP contribution in [0.5, 0.6) is 0 Å². The highest BCUT2D eigenvalue weighted by atomic mass is 35.5. The van der Waals surface area contributed by atoms with Crippen molar-refractivity contribution < 1.29 is 4.74 Å². The van der Waals surface area contributed by atoms with Gasteiger partial charge in [0, 0.05) is 34.3 Å². The summed E-state index contributed by atoms with van der Waals surface area (Å²) < 4.78 is 6.13. The average molecular weight is 478 g/mol. The average Bonchev–Trinajstić information content (AvgIpc) is 2.95. The minimum Gasteiger partial charge on any atom is -0.357 e. The lowest BCUT2D eigenvalue weighted by Crippen LogP contribution is -2.49. The maximum Gasteiger partial charge on any atom is 0.325 e. The van der Waals surface area contributed by atoms with Crippen molar-refractivity contribution in [3.63, 3.8) is 0 Å². The van der Waals surface area contributed by atoms with E-state index < -0.39 is 0 Å². The van der Waals surface area contributed by atoms with E-state index in [-0.39, 0.29) is 28.6 Å². The summed E-state index contributed by atoms with van der Waals surface area (Å²) in [7, 11) is 0. The summed E-state index contributed by atoms with van der Waals surface area (Å²) in [6.45, 7) is 15.3. The molecule has 7 heteroatoms. The molecular formula is C25H41BClN3OS. The monoisotopic (exact) mass is 477 g/mol. The van der Waals surface area contributed by atoms with E-state index in [9.17, 15) is 0 Å². The van der Waals surface area contributed by atoms with Gasteiger partial charge in [-0.05, 0) is 82.8 Å². The zero-order valence-electron chi connectivity index (χ0n) is 20.8. The summed E-state index contributed by atoms with van der Waals surface area (Å²) in [5, 5.41) is 11.6. The number of rotatable bonds is 6. The Morgan fingerprint density at radius 1 is 1.31 bits per heavy atom. The standard InChI is InChI=1S/C25H41BClN3OS/c1-7-8-9-12-20-21(26-29-24(3,4)25(5,6)32-26)14-15-28-30(18-19(2)17-22(20)27)23-13-10-11-16-31-23/h14,17,19,23,29H,7-13,16,18H2,1-6H3/b21-20+,22-17+/t19-,23?/m0/s1. The van der Waals surface area contributed by atoms with Crippen LogP contribution in [0.1, 0.15) is 86.5 Å². The van der Waals surface area contributed by atoms with Crippen molar-refractivity contribution in [3.8, 4) is 0 Å². The smallest absolute Gasteiger partial charge is 0.325 e. The molecule has 2 saturated heterocycles. The quantitative estimate of drug-likeness (QED) is 0.349. The number of hydrazone groups is 1. The van der Waals surface area contributed by atoms with E-state index in [0.717, 1.165) is 43.9 Å². The molecule has 0 bridgehead atoms. The number of hydrogen-bond acceptors (Lipinski definition) is 5. The van der Waals surface area contributed by atoms with Crippen LogP contribution in [0, 0.1) is 5.92 Å². The van der Waals surface area contributed by atoms with Crippen molar-refractivity contribution in [2.75, 3.05) is 13.2 Å². The molecule has 3 aliphatic heterocycles. The van der Waals surface area contributed by atoms with Gasteiger partial charge < -0.3 is 9.96 Å². The van der Waals surface area contributed by atoms with E-state index in [1.54, 1.807) is 0 Å². The minimum atomic E-state index is 0.00954. The molecule has 0 aromatic heterocycles. The van der Waals surface area contributed by atoms with Gasteiger partial charge in [-0.25, -0.2) is 0 Å². The Morgan fingerprint density at radius 2 is 2.09 bits per heavy atom. The van der Waals surface area contributed by atoms with Crippen LogP contribution in [-0.2, 0) is 4.74 Å². The Morgan fingerprint density at radius 3 is 2.72 bits per heavy atom. The number of nitrogens with zero attached hydrogens (tertiary/aromatic N) is 2. The van der Waals surface area contributed by atoms with Crippen LogP contribution < -0.4 is 5.23 Å². The van der Waals surface area contributed by atoms with Crippen molar-refractivity contribution in [2.45, 2.75) is 103 Å². The first-order valence-corrected chi connectivity index (χ1v) is 13.6. The summed E-state index contributed by atoms with van der Waals surface area (Å²) in [6.07, 6.45) is 12.4. The molecule has 1 unspecified atom stereocenters. The molecule has 0 aromatic carbocycles. The second kappa shape index (κ2) is 11.2. The first kappa shape index (κ1) is 26.0. The van der Waals surface area contributed by atoms with Gasteiger partial charge in [0.25, 0.3) is 0 Å². The topological polar surface area (TPSA) is 36.9 Å². The van der Waals surface area contributed by atoms with Crippen LogP contribution in [0.3, 0.4) is 0 Å². The fourth-order valence-electron chi connectivity index (χ4n) is 4.44. The van der Waals surface area contributed by atoms with Crippen molar-refractivity contribution in [1.29, 1.82) is 0 Å². The predicted molar refractivity (Wildman–Crippen MR) is 141 cm³/mol. The molecule has 2 fully saturated rings. The largest absolute Gasteiger partial charge is 0.357 e. The molecule has 3 rings (SSSR count). The number of ether oxygens (including phenoxy) is 1. The number of allylic oxidation sites excluding steroid dienone is 4. The second-order valence-corrected chi connectivity index (χ2v) is 12.6. The maximum atomic E-state index is 7.05. The molecule has 32 heavy (non-hydrogen) atoms. The molecular weight excluding hydrogens is 437 g/mol. The first-order valence-electron chi connectivity index (χ1n) is 12.4. The zero-order valence-corrected chi connectivity index (χ0v) is 22.4. The van der Waals surface area contributed by atoms with E-state index in [0.29, 0.717) is 0 Å². The van der Waals surface area contributed by atoms with Crippen LogP contribution in [0.4, 0.5) is 0 Å². The van der Waals surface area contributed by atoms with Gasteiger partial charge in [0.2, 0.25) is 0 Å². The fraction of sp³-hybridized carbons (Fsp3) is 0.760. The molecule has 2 atom stereocenters. The molecule has 3 heterocycles. The van der Waals surface area contributed by atoms with Gasteiger partial charge in [-0.1, -0.05) is 44.4 Å². The molecule has 0 aromatic rings. The van der Waals surface area contributed by atoms with Gasteiger partial charge in [0.15, 0.2) is 0 Å². The molecule has 0 saturated carbocycles. The Kier molecular flexibility index (Phi) is 9.08. The first-order chi connectivity index (χ1) is 15.1. The number of halogens is 1. The van der Waals surface area contributed by atoms with Crippen LogP contribution in [-0.4, -0.2) is 46.7 Å². The molecule has 3 aliphatic rings. The molecule has 0 aliphatic carbocycles.